The number of aliphatic hydroxyl groups excluding tert-OH is 2. The van der Waals surface area contributed by atoms with E-state index >= 15 is 0 Å². The molecule has 0 radical (unpaired) electrons. The van der Waals surface area contributed by atoms with Crippen LogP contribution >= 0.6 is 15.9 Å². The van der Waals surface area contributed by atoms with Crippen molar-refractivity contribution in [2.45, 2.75) is 18.6 Å². The van der Waals surface area contributed by atoms with E-state index in [1.165, 1.54) is 0 Å². The van der Waals surface area contributed by atoms with Gasteiger partial charge in [0.1, 0.15) is 6.10 Å². The van der Waals surface area contributed by atoms with Gasteiger partial charge >= 0.3 is 0 Å². The molecule has 2 unspecified atom stereocenters. The molecule has 0 saturated heterocycles. The molecule has 0 aliphatic carbocycles. The second-order valence-electron chi connectivity index (χ2n) is 3.76. The van der Waals surface area contributed by atoms with Crippen molar-refractivity contribution in [1.82, 2.24) is 5.32 Å². The summed E-state index contributed by atoms with van der Waals surface area (Å²) in [5.74, 6) is -0.0567. The lowest BCUT2D eigenvalue weighted by molar-refractivity contribution is -0.119. The molecule has 17 heavy (non-hydrogen) atoms. The highest BCUT2D eigenvalue weighted by molar-refractivity contribution is 9.09. The molecule has 2 atom stereocenters. The highest BCUT2D eigenvalue weighted by Crippen LogP contribution is 2.18. The molecule has 5 heteroatoms. The van der Waals surface area contributed by atoms with Gasteiger partial charge in [0.25, 0.3) is 0 Å². The zero-order valence-electron chi connectivity index (χ0n) is 9.56. The fourth-order valence-electron chi connectivity index (χ4n) is 1.41. The number of amides is 1. The van der Waals surface area contributed by atoms with Crippen molar-refractivity contribution in [2.75, 3.05) is 12.4 Å². The van der Waals surface area contributed by atoms with Gasteiger partial charge in [-0.25, -0.2) is 0 Å². The van der Waals surface area contributed by atoms with Gasteiger partial charge in [-0.05, 0) is 11.1 Å². The molecule has 4 nitrogen and oxygen atoms in total. The Morgan fingerprint density at radius 2 is 1.94 bits per heavy atom. The Hall–Kier alpha value is -0.910. The lowest BCUT2D eigenvalue weighted by Gasteiger charge is -2.16. The molecule has 1 amide bonds. The minimum Gasteiger partial charge on any atom is -0.389 e. The highest BCUT2D eigenvalue weighted by atomic mass is 79.9. The number of hydrogen-bond acceptors (Lipinski definition) is 3. The van der Waals surface area contributed by atoms with Gasteiger partial charge in [0.05, 0.1) is 12.5 Å². The quantitative estimate of drug-likeness (QED) is 0.704. The van der Waals surface area contributed by atoms with E-state index in [0.29, 0.717) is 17.3 Å². The molecule has 1 aromatic carbocycles. The summed E-state index contributed by atoms with van der Waals surface area (Å²) in [5, 5.41) is 22.1. The summed E-state index contributed by atoms with van der Waals surface area (Å²) in [4.78, 5) is 11.1. The number of alkyl halides is 1. The van der Waals surface area contributed by atoms with Crippen LogP contribution in [-0.4, -0.2) is 34.6 Å². The van der Waals surface area contributed by atoms with Crippen LogP contribution < -0.4 is 5.32 Å². The summed E-state index contributed by atoms with van der Waals surface area (Å²) in [5.41, 5.74) is 1.51. The second kappa shape index (κ2) is 6.74. The van der Waals surface area contributed by atoms with Crippen LogP contribution in [-0.2, 0) is 11.2 Å². The van der Waals surface area contributed by atoms with Gasteiger partial charge in [-0.3, -0.25) is 4.79 Å². The predicted molar refractivity (Wildman–Crippen MR) is 69.0 cm³/mol. The maximum absolute atomic E-state index is 11.1. The normalized spacial score (nSPS) is 14.1. The van der Waals surface area contributed by atoms with Crippen LogP contribution in [0.2, 0.25) is 0 Å². The van der Waals surface area contributed by atoms with Crippen LogP contribution in [0, 0.1) is 0 Å². The highest BCUT2D eigenvalue weighted by Gasteiger charge is 2.16. The average Bonchev–Trinajstić information content (AvgIpc) is 2.37. The average molecular weight is 302 g/mol. The summed E-state index contributed by atoms with van der Waals surface area (Å²) in [6.07, 6.45) is -1.43. The fourth-order valence-corrected chi connectivity index (χ4v) is 1.77. The second-order valence-corrected chi connectivity index (χ2v) is 4.41. The van der Waals surface area contributed by atoms with Gasteiger partial charge < -0.3 is 15.5 Å². The predicted octanol–water partition coefficient (Wildman–Crippen LogP) is 0.764. The number of benzene rings is 1. The van der Waals surface area contributed by atoms with Crippen molar-refractivity contribution >= 4 is 21.8 Å². The lowest BCUT2D eigenvalue weighted by atomic mass is 10.0. The molecule has 0 bridgehead atoms. The van der Waals surface area contributed by atoms with E-state index in [1.807, 2.05) is 0 Å². The topological polar surface area (TPSA) is 69.6 Å². The first-order valence-corrected chi connectivity index (χ1v) is 6.42. The van der Waals surface area contributed by atoms with Crippen molar-refractivity contribution in [2.24, 2.45) is 0 Å². The maximum Gasteiger partial charge on any atom is 0.224 e. The first-order valence-electron chi connectivity index (χ1n) is 5.30. The molecule has 0 heterocycles. The molecule has 94 valence electrons. The zero-order chi connectivity index (χ0) is 12.8. The van der Waals surface area contributed by atoms with E-state index < -0.39 is 12.2 Å². The van der Waals surface area contributed by atoms with Crippen LogP contribution in [0.15, 0.2) is 24.3 Å². The van der Waals surface area contributed by atoms with E-state index in [0.717, 1.165) is 5.56 Å². The van der Waals surface area contributed by atoms with Gasteiger partial charge in [-0.1, -0.05) is 40.2 Å². The Bertz CT molecular complexity index is 367. The summed E-state index contributed by atoms with van der Waals surface area (Å²) in [6.45, 7) is 0. The van der Waals surface area contributed by atoms with Gasteiger partial charge in [0, 0.05) is 12.4 Å². The number of halogens is 1. The number of rotatable bonds is 5. The third-order valence-corrected chi connectivity index (χ3v) is 3.15. The molecule has 0 spiro atoms. The third-order valence-electron chi connectivity index (χ3n) is 2.49. The van der Waals surface area contributed by atoms with Crippen LogP contribution in [0.4, 0.5) is 0 Å². The molecule has 1 rings (SSSR count). The van der Waals surface area contributed by atoms with Gasteiger partial charge in [-0.2, -0.15) is 0 Å². The number of carbonyl (C=O) groups excluding carboxylic acids is 1. The number of aliphatic hydroxyl groups is 2. The Kier molecular flexibility index (Phi) is 5.61. The number of carbonyl (C=O) groups is 1. The smallest absolute Gasteiger partial charge is 0.224 e. The molecular weight excluding hydrogens is 286 g/mol. The summed E-state index contributed by atoms with van der Waals surface area (Å²) in [7, 11) is 1.59. The van der Waals surface area contributed by atoms with E-state index in [-0.39, 0.29) is 5.91 Å². The molecule has 0 saturated carbocycles. The largest absolute Gasteiger partial charge is 0.389 e. The fraction of sp³-hybridized carbons (Fsp3) is 0.417. The molecule has 1 aromatic rings. The lowest BCUT2D eigenvalue weighted by Crippen LogP contribution is -2.20. The summed E-state index contributed by atoms with van der Waals surface area (Å²) >= 11 is 3.11. The molecule has 0 aromatic heterocycles. The summed E-state index contributed by atoms with van der Waals surface area (Å²) < 4.78 is 0. The molecule has 3 N–H and O–H groups in total. The van der Waals surface area contributed by atoms with E-state index in [4.69, 9.17) is 0 Å². The van der Waals surface area contributed by atoms with Gasteiger partial charge in [-0.15, -0.1) is 0 Å². The van der Waals surface area contributed by atoms with Gasteiger partial charge in [0.15, 0.2) is 0 Å². The maximum atomic E-state index is 11.1. The minimum atomic E-state index is -0.913. The SMILES string of the molecule is CNC(=O)Cc1ccc(C(O)C(O)CBr)cc1. The van der Waals surface area contributed by atoms with Crippen molar-refractivity contribution in [3.63, 3.8) is 0 Å². The first-order chi connectivity index (χ1) is 8.08. The molecule has 0 aliphatic heterocycles. The first kappa shape index (κ1) is 14.2. The number of hydrogen-bond donors (Lipinski definition) is 3. The van der Waals surface area contributed by atoms with Crippen LogP contribution in [0.5, 0.6) is 0 Å². The van der Waals surface area contributed by atoms with E-state index in [2.05, 4.69) is 21.2 Å². The van der Waals surface area contributed by atoms with Crippen molar-refractivity contribution in [1.29, 1.82) is 0 Å². The Balaban J connectivity index is 2.70. The molecule has 0 fully saturated rings. The van der Waals surface area contributed by atoms with E-state index in [9.17, 15) is 15.0 Å². The monoisotopic (exact) mass is 301 g/mol. The molecule has 0 aliphatic rings. The van der Waals surface area contributed by atoms with E-state index in [1.54, 1.807) is 31.3 Å². The van der Waals surface area contributed by atoms with Crippen LogP contribution in [0.1, 0.15) is 17.2 Å². The number of likely N-dealkylation sites (N-methyl/N-ethyl adjacent to an activating group) is 1. The Morgan fingerprint density at radius 1 is 1.35 bits per heavy atom. The standard InChI is InChI=1S/C12H16BrNO3/c1-14-11(16)6-8-2-4-9(5-3-8)12(17)10(15)7-13/h2-5,10,12,15,17H,6-7H2,1H3,(H,14,16). The van der Waals surface area contributed by atoms with Crippen LogP contribution in [0.3, 0.4) is 0 Å². The number of nitrogens with one attached hydrogen (secondary N) is 1. The summed E-state index contributed by atoms with van der Waals surface area (Å²) in [6, 6.07) is 6.98. The van der Waals surface area contributed by atoms with Crippen LogP contribution in [0.25, 0.3) is 0 Å². The minimum absolute atomic E-state index is 0.0567. The van der Waals surface area contributed by atoms with Crippen molar-refractivity contribution < 1.29 is 15.0 Å². The Morgan fingerprint density at radius 3 is 2.41 bits per heavy atom. The molecular formula is C12H16BrNO3. The van der Waals surface area contributed by atoms with Crippen molar-refractivity contribution in [3.8, 4) is 0 Å². The Labute approximate surface area is 109 Å². The van der Waals surface area contributed by atoms with Crippen molar-refractivity contribution in [3.05, 3.63) is 35.4 Å². The zero-order valence-corrected chi connectivity index (χ0v) is 11.1. The van der Waals surface area contributed by atoms with Gasteiger partial charge in [0.2, 0.25) is 5.91 Å². The third kappa shape index (κ3) is 4.11.